The van der Waals surface area contributed by atoms with Gasteiger partial charge in [-0.15, -0.1) is 11.3 Å². The fourth-order valence-corrected chi connectivity index (χ4v) is 4.20. The standard InChI is InChI=1S/C17H17N3O3S2/c1-3-6-23-17(22)14-10(2)20-16(25-9-13(19)21)11(8-18)15(14)12-5-4-7-24-12/h3-5,7,14-15H,1,6,9H2,2H3,(H2,19,21)/t14?,15-/m1/s1. The van der Waals surface area contributed by atoms with Gasteiger partial charge < -0.3 is 10.5 Å². The second-order valence-corrected chi connectivity index (χ2v) is 7.17. The van der Waals surface area contributed by atoms with Crippen molar-refractivity contribution in [2.24, 2.45) is 16.6 Å². The Morgan fingerprint density at radius 2 is 2.36 bits per heavy atom. The maximum atomic E-state index is 12.5. The molecule has 0 aromatic carbocycles. The lowest BCUT2D eigenvalue weighted by molar-refractivity contribution is -0.145. The molecule has 2 heterocycles. The summed E-state index contributed by atoms with van der Waals surface area (Å²) in [7, 11) is 0. The molecule has 1 amide bonds. The van der Waals surface area contributed by atoms with Gasteiger partial charge in [-0.1, -0.05) is 30.5 Å². The number of nitrogens with zero attached hydrogens (tertiary/aromatic N) is 2. The molecule has 2 N–H and O–H groups in total. The molecule has 2 atom stereocenters. The first-order chi connectivity index (χ1) is 12.0. The van der Waals surface area contributed by atoms with Gasteiger partial charge in [-0.3, -0.25) is 9.59 Å². The van der Waals surface area contributed by atoms with Crippen LogP contribution in [0.1, 0.15) is 17.7 Å². The molecule has 2 rings (SSSR count). The second-order valence-electron chi connectivity index (χ2n) is 5.23. The summed E-state index contributed by atoms with van der Waals surface area (Å²) in [5.41, 5.74) is 6.08. The minimum absolute atomic E-state index is 0.0139. The third-order valence-electron chi connectivity index (χ3n) is 3.52. The average molecular weight is 375 g/mol. The first kappa shape index (κ1) is 19.0. The average Bonchev–Trinajstić information content (AvgIpc) is 3.11. The molecule has 0 saturated heterocycles. The Hall–Kier alpha value is -2.37. The number of thiophene rings is 1. The van der Waals surface area contributed by atoms with Crippen molar-refractivity contribution < 1.29 is 14.3 Å². The van der Waals surface area contributed by atoms with Gasteiger partial charge in [0.2, 0.25) is 5.91 Å². The largest absolute Gasteiger partial charge is 0.461 e. The molecule has 0 radical (unpaired) electrons. The number of amides is 1. The van der Waals surface area contributed by atoms with Crippen molar-refractivity contribution in [3.8, 4) is 6.07 Å². The summed E-state index contributed by atoms with van der Waals surface area (Å²) in [5.74, 6) is -2.12. The van der Waals surface area contributed by atoms with Crippen molar-refractivity contribution in [2.75, 3.05) is 12.4 Å². The molecular weight excluding hydrogens is 358 g/mol. The number of esters is 1. The number of ether oxygens (including phenoxy) is 1. The molecule has 1 aliphatic heterocycles. The molecule has 0 saturated carbocycles. The van der Waals surface area contributed by atoms with Crippen LogP contribution >= 0.6 is 23.1 Å². The minimum Gasteiger partial charge on any atom is -0.461 e. The van der Waals surface area contributed by atoms with Gasteiger partial charge in [0.25, 0.3) is 0 Å². The Labute approximate surface area is 154 Å². The number of carbonyl (C=O) groups excluding carboxylic acids is 2. The molecule has 8 heteroatoms. The van der Waals surface area contributed by atoms with Crippen LogP contribution in [0.15, 0.2) is 45.8 Å². The first-order valence-electron chi connectivity index (χ1n) is 7.41. The monoisotopic (exact) mass is 375 g/mol. The molecule has 25 heavy (non-hydrogen) atoms. The Morgan fingerprint density at radius 1 is 1.60 bits per heavy atom. The van der Waals surface area contributed by atoms with Crippen molar-refractivity contribution >= 4 is 40.7 Å². The van der Waals surface area contributed by atoms with E-state index in [0.29, 0.717) is 16.3 Å². The summed E-state index contributed by atoms with van der Waals surface area (Å²) in [6.45, 7) is 5.35. The van der Waals surface area contributed by atoms with Crippen LogP contribution in [0.2, 0.25) is 0 Å². The number of rotatable bonds is 7. The number of nitriles is 1. The molecule has 130 valence electrons. The zero-order valence-electron chi connectivity index (χ0n) is 13.6. The smallest absolute Gasteiger partial charge is 0.316 e. The molecule has 0 aliphatic carbocycles. The van der Waals surface area contributed by atoms with Crippen molar-refractivity contribution in [3.05, 3.63) is 45.6 Å². The summed E-state index contributed by atoms with van der Waals surface area (Å²) < 4.78 is 5.21. The predicted molar refractivity (Wildman–Crippen MR) is 99.1 cm³/mol. The van der Waals surface area contributed by atoms with Gasteiger partial charge in [0, 0.05) is 16.5 Å². The van der Waals surface area contributed by atoms with Gasteiger partial charge in [0.15, 0.2) is 0 Å². The molecule has 1 aromatic rings. The van der Waals surface area contributed by atoms with E-state index in [1.54, 1.807) is 6.92 Å². The van der Waals surface area contributed by atoms with Crippen LogP contribution in [0.5, 0.6) is 0 Å². The maximum absolute atomic E-state index is 12.5. The highest BCUT2D eigenvalue weighted by Gasteiger charge is 2.41. The van der Waals surface area contributed by atoms with E-state index in [4.69, 9.17) is 10.5 Å². The molecule has 1 aliphatic rings. The number of hydrogen-bond donors (Lipinski definition) is 1. The van der Waals surface area contributed by atoms with Crippen LogP contribution in [0.4, 0.5) is 0 Å². The highest BCUT2D eigenvalue weighted by atomic mass is 32.2. The van der Waals surface area contributed by atoms with Gasteiger partial charge >= 0.3 is 5.97 Å². The van der Waals surface area contributed by atoms with E-state index in [1.807, 2.05) is 17.5 Å². The Kier molecular flexibility index (Phi) is 6.56. The van der Waals surface area contributed by atoms with Crippen LogP contribution < -0.4 is 5.73 Å². The van der Waals surface area contributed by atoms with E-state index in [9.17, 15) is 14.9 Å². The summed E-state index contributed by atoms with van der Waals surface area (Å²) >= 11 is 2.56. The van der Waals surface area contributed by atoms with Crippen molar-refractivity contribution in [2.45, 2.75) is 12.8 Å². The van der Waals surface area contributed by atoms with Crippen LogP contribution in [-0.2, 0) is 14.3 Å². The first-order valence-corrected chi connectivity index (χ1v) is 9.27. The summed E-state index contributed by atoms with van der Waals surface area (Å²) in [5, 5.41) is 12.0. The fourth-order valence-electron chi connectivity index (χ4n) is 2.51. The predicted octanol–water partition coefficient (Wildman–Crippen LogP) is 2.61. The molecular formula is C17H17N3O3S2. The van der Waals surface area contributed by atoms with E-state index >= 15 is 0 Å². The zero-order valence-corrected chi connectivity index (χ0v) is 15.2. The van der Waals surface area contributed by atoms with Crippen molar-refractivity contribution in [3.63, 3.8) is 0 Å². The Balaban J connectivity index is 2.47. The number of carbonyl (C=O) groups is 2. The van der Waals surface area contributed by atoms with E-state index < -0.39 is 23.7 Å². The number of hydrogen-bond acceptors (Lipinski definition) is 7. The third-order valence-corrected chi connectivity index (χ3v) is 5.49. The highest BCUT2D eigenvalue weighted by Crippen LogP contribution is 2.43. The van der Waals surface area contributed by atoms with Gasteiger partial charge in [-0.25, -0.2) is 4.99 Å². The highest BCUT2D eigenvalue weighted by molar-refractivity contribution is 8.03. The number of nitrogens with two attached hydrogens (primary N) is 1. The normalized spacial score (nSPS) is 19.8. The summed E-state index contributed by atoms with van der Waals surface area (Å²) in [6, 6.07) is 5.89. The molecule has 1 aromatic heterocycles. The Morgan fingerprint density at radius 3 is 2.92 bits per heavy atom. The second kappa shape index (κ2) is 8.65. The molecule has 0 spiro atoms. The van der Waals surface area contributed by atoms with Gasteiger partial charge in [0.05, 0.1) is 17.4 Å². The van der Waals surface area contributed by atoms with Gasteiger partial charge in [-0.05, 0) is 18.4 Å². The zero-order chi connectivity index (χ0) is 18.4. The van der Waals surface area contributed by atoms with Crippen molar-refractivity contribution in [1.82, 2.24) is 0 Å². The number of thioether (sulfide) groups is 1. The number of primary amides is 1. The SMILES string of the molecule is C=CCOC(=O)C1C(C)=NC(SCC(N)=O)=C(C#N)[C@@H]1c1cccs1. The number of allylic oxidation sites excluding steroid dienone is 1. The topological polar surface area (TPSA) is 106 Å². The third kappa shape index (κ3) is 4.38. The van der Waals surface area contributed by atoms with E-state index in [-0.39, 0.29) is 12.4 Å². The lowest BCUT2D eigenvalue weighted by atomic mass is 9.81. The molecule has 1 unspecified atom stereocenters. The van der Waals surface area contributed by atoms with Gasteiger partial charge in [-0.2, -0.15) is 5.26 Å². The van der Waals surface area contributed by atoms with Crippen LogP contribution in [0.25, 0.3) is 0 Å². The molecule has 6 nitrogen and oxygen atoms in total. The summed E-state index contributed by atoms with van der Waals surface area (Å²) in [6.07, 6.45) is 1.49. The van der Waals surface area contributed by atoms with Gasteiger partial charge in [0.1, 0.15) is 17.6 Å². The van der Waals surface area contributed by atoms with E-state index in [2.05, 4.69) is 17.6 Å². The van der Waals surface area contributed by atoms with E-state index in [0.717, 1.165) is 16.6 Å². The van der Waals surface area contributed by atoms with Crippen LogP contribution in [0.3, 0.4) is 0 Å². The number of aliphatic imine (C=N–C) groups is 1. The van der Waals surface area contributed by atoms with Crippen LogP contribution in [0, 0.1) is 17.2 Å². The molecule has 0 fully saturated rings. The Bertz CT molecular complexity index is 776. The quantitative estimate of drug-likeness (QED) is 0.582. The minimum atomic E-state index is -0.689. The van der Waals surface area contributed by atoms with E-state index in [1.165, 1.54) is 17.4 Å². The lowest BCUT2D eigenvalue weighted by Gasteiger charge is -2.29. The van der Waals surface area contributed by atoms with Crippen LogP contribution in [-0.4, -0.2) is 29.9 Å². The van der Waals surface area contributed by atoms with Crippen molar-refractivity contribution in [1.29, 1.82) is 5.26 Å². The lowest BCUT2D eigenvalue weighted by Crippen LogP contribution is -2.34. The molecule has 0 bridgehead atoms. The fraction of sp³-hybridized carbons (Fsp3) is 0.294. The summed E-state index contributed by atoms with van der Waals surface area (Å²) in [4.78, 5) is 28.9. The maximum Gasteiger partial charge on any atom is 0.316 e.